The van der Waals surface area contributed by atoms with Crippen molar-refractivity contribution in [2.75, 3.05) is 39.5 Å². The zero-order valence-corrected chi connectivity index (χ0v) is 11.9. The largest absolute Gasteiger partial charge is 0.492 e. The molecule has 0 bridgehead atoms. The van der Waals surface area contributed by atoms with Gasteiger partial charge in [0.05, 0.1) is 19.6 Å². The monoisotopic (exact) mass is 299 g/mol. The van der Waals surface area contributed by atoms with Gasteiger partial charge in [-0.05, 0) is 17.7 Å². The van der Waals surface area contributed by atoms with Crippen LogP contribution >= 0.6 is 11.6 Å². The third kappa shape index (κ3) is 4.67. The molecule has 0 aromatic heterocycles. The predicted octanol–water partition coefficient (Wildman–Crippen LogP) is 1.68. The van der Waals surface area contributed by atoms with Gasteiger partial charge in [0.25, 0.3) is 0 Å². The Morgan fingerprint density at radius 2 is 2.15 bits per heavy atom. The van der Waals surface area contributed by atoms with Crippen molar-refractivity contribution in [3.63, 3.8) is 0 Å². The fourth-order valence-electron chi connectivity index (χ4n) is 2.04. The number of carboxylic acid groups (broad SMARTS) is 1. The van der Waals surface area contributed by atoms with Gasteiger partial charge < -0.3 is 14.6 Å². The Kier molecular flexibility index (Phi) is 5.64. The summed E-state index contributed by atoms with van der Waals surface area (Å²) in [7, 11) is 0. The average Bonchev–Trinajstić information content (AvgIpc) is 2.43. The number of hydrogen-bond donors (Lipinski definition) is 1. The van der Waals surface area contributed by atoms with Crippen molar-refractivity contribution in [3.05, 3.63) is 28.8 Å². The highest BCUT2D eigenvalue weighted by Gasteiger charge is 2.10. The number of rotatable bonds is 6. The van der Waals surface area contributed by atoms with Crippen LogP contribution in [0.4, 0.5) is 0 Å². The van der Waals surface area contributed by atoms with Crippen molar-refractivity contribution >= 4 is 17.6 Å². The number of halogens is 1. The second-order valence-electron chi connectivity index (χ2n) is 4.63. The smallest absolute Gasteiger partial charge is 0.307 e. The van der Waals surface area contributed by atoms with E-state index in [1.165, 1.54) is 0 Å². The molecule has 2 rings (SSSR count). The van der Waals surface area contributed by atoms with Gasteiger partial charge in [-0.15, -0.1) is 0 Å². The lowest BCUT2D eigenvalue weighted by atomic mass is 10.1. The average molecular weight is 300 g/mol. The SMILES string of the molecule is O=C(O)Cc1ccc(OCCN2CCOCC2)cc1Cl. The molecular formula is C14H18ClNO4. The molecule has 0 unspecified atom stereocenters. The van der Waals surface area contributed by atoms with Gasteiger partial charge in [-0.2, -0.15) is 0 Å². The van der Waals surface area contributed by atoms with Gasteiger partial charge in [0.2, 0.25) is 0 Å². The van der Waals surface area contributed by atoms with Gasteiger partial charge in [-0.25, -0.2) is 0 Å². The van der Waals surface area contributed by atoms with Crippen molar-refractivity contribution in [2.24, 2.45) is 0 Å². The van der Waals surface area contributed by atoms with Crippen molar-refractivity contribution in [3.8, 4) is 5.75 Å². The summed E-state index contributed by atoms with van der Waals surface area (Å²) in [4.78, 5) is 12.9. The van der Waals surface area contributed by atoms with Crippen LogP contribution < -0.4 is 4.74 Å². The highest BCUT2D eigenvalue weighted by atomic mass is 35.5. The molecule has 0 amide bonds. The van der Waals surface area contributed by atoms with E-state index in [-0.39, 0.29) is 6.42 Å². The summed E-state index contributed by atoms with van der Waals surface area (Å²) in [5.74, 6) is -0.231. The fourth-order valence-corrected chi connectivity index (χ4v) is 2.28. The summed E-state index contributed by atoms with van der Waals surface area (Å²) in [5.41, 5.74) is 0.597. The second kappa shape index (κ2) is 7.47. The van der Waals surface area contributed by atoms with Crippen LogP contribution in [0.2, 0.25) is 5.02 Å². The van der Waals surface area contributed by atoms with Crippen LogP contribution in [0.5, 0.6) is 5.75 Å². The molecule has 1 aromatic rings. The van der Waals surface area contributed by atoms with E-state index in [4.69, 9.17) is 26.2 Å². The van der Waals surface area contributed by atoms with Gasteiger partial charge in [0.1, 0.15) is 12.4 Å². The maximum absolute atomic E-state index is 10.6. The van der Waals surface area contributed by atoms with Crippen LogP contribution in [-0.4, -0.2) is 55.4 Å². The van der Waals surface area contributed by atoms with E-state index in [1.54, 1.807) is 18.2 Å². The fraction of sp³-hybridized carbons (Fsp3) is 0.500. The first kappa shape index (κ1) is 15.1. The van der Waals surface area contributed by atoms with E-state index >= 15 is 0 Å². The van der Waals surface area contributed by atoms with Gasteiger partial charge in [0.15, 0.2) is 0 Å². The number of nitrogens with zero attached hydrogens (tertiary/aromatic N) is 1. The van der Waals surface area contributed by atoms with Gasteiger partial charge in [0, 0.05) is 24.7 Å². The van der Waals surface area contributed by atoms with Crippen molar-refractivity contribution < 1.29 is 19.4 Å². The third-order valence-corrected chi connectivity index (χ3v) is 3.50. The number of ether oxygens (including phenoxy) is 2. The van der Waals surface area contributed by atoms with E-state index in [0.717, 1.165) is 32.8 Å². The van der Waals surface area contributed by atoms with Crippen LogP contribution in [0.25, 0.3) is 0 Å². The summed E-state index contributed by atoms with van der Waals surface area (Å²) in [5, 5.41) is 9.17. The Labute approximate surface area is 123 Å². The first-order valence-electron chi connectivity index (χ1n) is 6.58. The minimum atomic E-state index is -0.895. The highest BCUT2D eigenvalue weighted by Crippen LogP contribution is 2.23. The standard InChI is InChI=1S/C14H18ClNO4/c15-13-10-12(2-1-11(13)9-14(17)18)20-8-5-16-3-6-19-7-4-16/h1-2,10H,3-9H2,(H,17,18). The molecule has 0 spiro atoms. The van der Waals surface area contributed by atoms with Crippen LogP contribution in [0.1, 0.15) is 5.56 Å². The van der Waals surface area contributed by atoms with Crippen LogP contribution in [0.15, 0.2) is 18.2 Å². The molecular weight excluding hydrogens is 282 g/mol. The Balaban J connectivity index is 1.80. The van der Waals surface area contributed by atoms with Crippen molar-refractivity contribution in [1.29, 1.82) is 0 Å². The van der Waals surface area contributed by atoms with Crippen molar-refractivity contribution in [2.45, 2.75) is 6.42 Å². The Morgan fingerprint density at radius 1 is 1.40 bits per heavy atom. The first-order valence-corrected chi connectivity index (χ1v) is 6.96. The summed E-state index contributed by atoms with van der Waals surface area (Å²) < 4.78 is 10.9. The van der Waals surface area contributed by atoms with E-state index in [0.29, 0.717) is 22.9 Å². The molecule has 1 N–H and O–H groups in total. The van der Waals surface area contributed by atoms with E-state index in [2.05, 4.69) is 4.90 Å². The Bertz CT molecular complexity index is 460. The minimum absolute atomic E-state index is 0.0765. The Morgan fingerprint density at radius 3 is 2.80 bits per heavy atom. The molecule has 1 aliphatic heterocycles. The van der Waals surface area contributed by atoms with Gasteiger partial charge in [-0.1, -0.05) is 17.7 Å². The topological polar surface area (TPSA) is 59.0 Å². The van der Waals surface area contributed by atoms with Crippen LogP contribution in [-0.2, 0) is 16.0 Å². The van der Waals surface area contributed by atoms with E-state index in [9.17, 15) is 4.79 Å². The number of benzene rings is 1. The van der Waals surface area contributed by atoms with Crippen molar-refractivity contribution in [1.82, 2.24) is 4.90 Å². The molecule has 1 saturated heterocycles. The third-order valence-electron chi connectivity index (χ3n) is 3.15. The zero-order valence-electron chi connectivity index (χ0n) is 11.2. The van der Waals surface area contributed by atoms with Crippen LogP contribution in [0, 0.1) is 0 Å². The Hall–Kier alpha value is -1.30. The molecule has 1 aliphatic rings. The number of morpholine rings is 1. The molecule has 1 aromatic carbocycles. The lowest BCUT2D eigenvalue weighted by molar-refractivity contribution is -0.136. The van der Waals surface area contributed by atoms with Gasteiger partial charge in [-0.3, -0.25) is 9.69 Å². The molecule has 6 heteroatoms. The molecule has 1 heterocycles. The number of carboxylic acids is 1. The lowest BCUT2D eigenvalue weighted by Crippen LogP contribution is -2.38. The van der Waals surface area contributed by atoms with Gasteiger partial charge >= 0.3 is 5.97 Å². The highest BCUT2D eigenvalue weighted by molar-refractivity contribution is 6.31. The number of carbonyl (C=O) groups is 1. The molecule has 110 valence electrons. The minimum Gasteiger partial charge on any atom is -0.492 e. The van der Waals surface area contributed by atoms with E-state index < -0.39 is 5.97 Å². The molecule has 0 saturated carbocycles. The quantitative estimate of drug-likeness (QED) is 0.866. The lowest BCUT2D eigenvalue weighted by Gasteiger charge is -2.26. The van der Waals surface area contributed by atoms with E-state index in [1.807, 2.05) is 0 Å². The number of aliphatic carboxylic acids is 1. The molecule has 0 aliphatic carbocycles. The maximum Gasteiger partial charge on any atom is 0.307 e. The zero-order chi connectivity index (χ0) is 14.4. The number of hydrogen-bond acceptors (Lipinski definition) is 4. The molecule has 0 radical (unpaired) electrons. The molecule has 1 fully saturated rings. The summed E-state index contributed by atoms with van der Waals surface area (Å²) >= 11 is 6.03. The first-order chi connectivity index (χ1) is 9.65. The predicted molar refractivity (Wildman–Crippen MR) is 75.5 cm³/mol. The normalized spacial score (nSPS) is 16.1. The molecule has 20 heavy (non-hydrogen) atoms. The summed E-state index contributed by atoms with van der Waals surface area (Å²) in [6.45, 7) is 4.83. The summed E-state index contributed by atoms with van der Waals surface area (Å²) in [6, 6.07) is 5.11. The second-order valence-corrected chi connectivity index (χ2v) is 5.03. The molecule has 0 atom stereocenters. The molecule has 5 nitrogen and oxygen atoms in total. The summed E-state index contributed by atoms with van der Waals surface area (Å²) in [6.07, 6.45) is -0.0765. The maximum atomic E-state index is 10.6. The van der Waals surface area contributed by atoms with Crippen LogP contribution in [0.3, 0.4) is 0 Å².